The van der Waals surface area contributed by atoms with Crippen LogP contribution in [0.1, 0.15) is 43.4 Å². The van der Waals surface area contributed by atoms with E-state index in [1.807, 2.05) is 26.0 Å². The number of hydrogen-bond donors (Lipinski definition) is 1. The molecule has 4 nitrogen and oxygen atoms in total. The lowest BCUT2D eigenvalue weighted by molar-refractivity contribution is 0.0645. The van der Waals surface area contributed by atoms with Gasteiger partial charge >= 0.3 is 0 Å². The molecule has 0 aromatic heterocycles. The number of amides is 2. The summed E-state index contributed by atoms with van der Waals surface area (Å²) in [6, 6.07) is 12.6. The van der Waals surface area contributed by atoms with E-state index >= 15 is 0 Å². The van der Waals surface area contributed by atoms with Gasteiger partial charge in [0.05, 0.1) is 11.1 Å². The summed E-state index contributed by atoms with van der Waals surface area (Å²) in [6.07, 6.45) is 0. The van der Waals surface area contributed by atoms with E-state index in [0.29, 0.717) is 11.1 Å². The van der Waals surface area contributed by atoms with Crippen molar-refractivity contribution in [3.05, 3.63) is 70.3 Å². The molecule has 0 radical (unpaired) electrons. The molecule has 0 aliphatic carbocycles. The zero-order valence-corrected chi connectivity index (χ0v) is 12.7. The number of nitrogens with two attached hydrogens (primary N) is 1. The van der Waals surface area contributed by atoms with E-state index in [2.05, 4.69) is 6.07 Å². The monoisotopic (exact) mass is 294 g/mol. The highest BCUT2D eigenvalue weighted by Gasteiger charge is 2.35. The van der Waals surface area contributed by atoms with Gasteiger partial charge in [-0.2, -0.15) is 0 Å². The fraction of sp³-hybridized carbons (Fsp3) is 0.222. The molecule has 0 fully saturated rings. The van der Waals surface area contributed by atoms with E-state index in [9.17, 15) is 9.59 Å². The molecule has 0 saturated carbocycles. The Labute approximate surface area is 129 Å². The van der Waals surface area contributed by atoms with Crippen LogP contribution in [0.15, 0.2) is 42.5 Å². The Morgan fingerprint density at radius 2 is 1.45 bits per heavy atom. The third-order valence-corrected chi connectivity index (χ3v) is 3.93. The number of carbonyl (C=O) groups excluding carboxylic acids is 2. The van der Waals surface area contributed by atoms with Gasteiger partial charge in [-0.3, -0.25) is 14.5 Å². The second kappa shape index (κ2) is 5.39. The first-order valence-corrected chi connectivity index (χ1v) is 7.26. The van der Waals surface area contributed by atoms with E-state index in [1.54, 1.807) is 24.3 Å². The van der Waals surface area contributed by atoms with Crippen molar-refractivity contribution in [2.75, 3.05) is 6.54 Å². The third-order valence-electron chi connectivity index (χ3n) is 3.93. The van der Waals surface area contributed by atoms with Gasteiger partial charge in [-0.05, 0) is 31.5 Å². The number of nitrogens with zero attached hydrogens (tertiary/aromatic N) is 1. The third kappa shape index (κ3) is 2.42. The van der Waals surface area contributed by atoms with Gasteiger partial charge < -0.3 is 5.73 Å². The molecule has 2 aromatic carbocycles. The van der Waals surface area contributed by atoms with Gasteiger partial charge in [-0.15, -0.1) is 0 Å². The van der Waals surface area contributed by atoms with Crippen LogP contribution in [0.3, 0.4) is 0 Å². The molecule has 1 heterocycles. The standard InChI is InChI=1S/C18H18N2O2/c1-11-7-12(2)9-13(8-11)16(19)10-20-17(21)14-5-3-4-6-15(14)18(20)22/h3-9,16H,10,19H2,1-2H3. The maximum atomic E-state index is 12.4. The number of fused-ring (bicyclic) bond motifs is 1. The average Bonchev–Trinajstić information content (AvgIpc) is 2.72. The molecule has 22 heavy (non-hydrogen) atoms. The van der Waals surface area contributed by atoms with Crippen LogP contribution in [0, 0.1) is 13.8 Å². The summed E-state index contributed by atoms with van der Waals surface area (Å²) in [5.74, 6) is -0.527. The first kappa shape index (κ1) is 14.5. The van der Waals surface area contributed by atoms with Gasteiger partial charge in [-0.25, -0.2) is 0 Å². The minimum absolute atomic E-state index is 0.190. The summed E-state index contributed by atoms with van der Waals surface area (Å²) in [6.45, 7) is 4.20. The lowest BCUT2D eigenvalue weighted by Crippen LogP contribution is -2.36. The molecule has 4 heteroatoms. The zero-order valence-electron chi connectivity index (χ0n) is 12.7. The molecule has 3 rings (SSSR count). The summed E-state index contributed by atoms with van der Waals surface area (Å²) < 4.78 is 0. The first-order chi connectivity index (χ1) is 10.5. The van der Waals surface area contributed by atoms with Crippen molar-refractivity contribution in [1.29, 1.82) is 0 Å². The molecule has 1 aliphatic rings. The Morgan fingerprint density at radius 3 is 1.95 bits per heavy atom. The highest BCUT2D eigenvalue weighted by Crippen LogP contribution is 2.25. The summed E-state index contributed by atoms with van der Waals surface area (Å²) in [5, 5.41) is 0. The SMILES string of the molecule is Cc1cc(C)cc(C(N)CN2C(=O)c3ccccc3C2=O)c1. The summed E-state index contributed by atoms with van der Waals surface area (Å²) in [4.78, 5) is 26.0. The van der Waals surface area contributed by atoms with Crippen LogP contribution in [0.5, 0.6) is 0 Å². The molecule has 112 valence electrons. The number of aryl methyl sites for hydroxylation is 2. The van der Waals surface area contributed by atoms with Crippen LogP contribution < -0.4 is 5.73 Å². The summed E-state index contributed by atoms with van der Waals surface area (Å²) in [7, 11) is 0. The minimum atomic E-state index is -0.388. The Balaban J connectivity index is 1.85. The number of hydrogen-bond acceptors (Lipinski definition) is 3. The van der Waals surface area contributed by atoms with Crippen LogP contribution in [-0.4, -0.2) is 23.3 Å². The van der Waals surface area contributed by atoms with Crippen molar-refractivity contribution < 1.29 is 9.59 Å². The number of rotatable bonds is 3. The van der Waals surface area contributed by atoms with Crippen LogP contribution >= 0.6 is 0 Å². The molecule has 2 N–H and O–H groups in total. The second-order valence-electron chi connectivity index (χ2n) is 5.79. The maximum absolute atomic E-state index is 12.4. The van der Waals surface area contributed by atoms with Crippen LogP contribution in [0.2, 0.25) is 0 Å². The predicted octanol–water partition coefficient (Wildman–Crippen LogP) is 2.60. The van der Waals surface area contributed by atoms with Crippen LogP contribution in [0.25, 0.3) is 0 Å². The Hall–Kier alpha value is -2.46. The minimum Gasteiger partial charge on any atom is -0.322 e. The second-order valence-corrected chi connectivity index (χ2v) is 5.79. The number of imide groups is 1. The van der Waals surface area contributed by atoms with Crippen molar-refractivity contribution in [1.82, 2.24) is 4.90 Å². The van der Waals surface area contributed by atoms with Crippen molar-refractivity contribution >= 4 is 11.8 Å². The van der Waals surface area contributed by atoms with E-state index in [4.69, 9.17) is 5.73 Å². The van der Waals surface area contributed by atoms with Crippen LogP contribution in [0.4, 0.5) is 0 Å². The molecule has 2 aromatic rings. The molecular formula is C18H18N2O2. The van der Waals surface area contributed by atoms with E-state index in [-0.39, 0.29) is 24.4 Å². The quantitative estimate of drug-likeness (QED) is 0.885. The predicted molar refractivity (Wildman–Crippen MR) is 84.7 cm³/mol. The maximum Gasteiger partial charge on any atom is 0.261 e. The fourth-order valence-corrected chi connectivity index (χ4v) is 2.93. The van der Waals surface area contributed by atoms with E-state index in [0.717, 1.165) is 16.7 Å². The Bertz CT molecular complexity index is 712. The van der Waals surface area contributed by atoms with Crippen molar-refractivity contribution in [3.63, 3.8) is 0 Å². The molecule has 0 bridgehead atoms. The first-order valence-electron chi connectivity index (χ1n) is 7.26. The van der Waals surface area contributed by atoms with Gasteiger partial charge in [0.25, 0.3) is 11.8 Å². The molecule has 1 atom stereocenters. The van der Waals surface area contributed by atoms with Gasteiger partial charge in [0.15, 0.2) is 0 Å². The zero-order chi connectivity index (χ0) is 15.9. The molecule has 1 aliphatic heterocycles. The lowest BCUT2D eigenvalue weighted by atomic mass is 10.0. The van der Waals surface area contributed by atoms with Crippen LogP contribution in [-0.2, 0) is 0 Å². The normalized spacial score (nSPS) is 15.1. The highest BCUT2D eigenvalue weighted by atomic mass is 16.2. The van der Waals surface area contributed by atoms with Gasteiger partial charge in [0.2, 0.25) is 0 Å². The molecule has 2 amide bonds. The van der Waals surface area contributed by atoms with E-state index < -0.39 is 0 Å². The molecular weight excluding hydrogens is 276 g/mol. The van der Waals surface area contributed by atoms with Crippen molar-refractivity contribution in [2.45, 2.75) is 19.9 Å². The van der Waals surface area contributed by atoms with E-state index in [1.165, 1.54) is 4.90 Å². The van der Waals surface area contributed by atoms with Crippen molar-refractivity contribution in [3.8, 4) is 0 Å². The van der Waals surface area contributed by atoms with Gasteiger partial charge in [0.1, 0.15) is 0 Å². The fourth-order valence-electron chi connectivity index (χ4n) is 2.93. The number of benzene rings is 2. The Morgan fingerprint density at radius 1 is 0.955 bits per heavy atom. The average molecular weight is 294 g/mol. The topological polar surface area (TPSA) is 63.4 Å². The summed E-state index contributed by atoms with van der Waals surface area (Å²) in [5.41, 5.74) is 10.3. The largest absolute Gasteiger partial charge is 0.322 e. The van der Waals surface area contributed by atoms with Gasteiger partial charge in [0, 0.05) is 12.6 Å². The Kier molecular flexibility index (Phi) is 3.54. The highest BCUT2D eigenvalue weighted by molar-refractivity contribution is 6.21. The smallest absolute Gasteiger partial charge is 0.261 e. The van der Waals surface area contributed by atoms with Crippen molar-refractivity contribution in [2.24, 2.45) is 5.73 Å². The summed E-state index contributed by atoms with van der Waals surface area (Å²) >= 11 is 0. The molecule has 0 saturated heterocycles. The molecule has 0 spiro atoms. The lowest BCUT2D eigenvalue weighted by Gasteiger charge is -2.20. The number of carbonyl (C=O) groups is 2. The van der Waals surface area contributed by atoms with Gasteiger partial charge in [-0.1, -0.05) is 41.5 Å². The molecule has 1 unspecified atom stereocenters.